The number of hydrogen-bond donors (Lipinski definition) is 3. The van der Waals surface area contributed by atoms with E-state index in [1.807, 2.05) is 59.8 Å². The van der Waals surface area contributed by atoms with Crippen LogP contribution in [0, 0.1) is 11.8 Å². The minimum atomic E-state index is -0.680. The number of benzene rings is 2. The first-order chi connectivity index (χ1) is 17.6. The summed E-state index contributed by atoms with van der Waals surface area (Å²) < 4.78 is 6.29. The third-order valence-corrected chi connectivity index (χ3v) is 8.18. The van der Waals surface area contributed by atoms with Crippen molar-refractivity contribution in [1.82, 2.24) is 20.2 Å². The van der Waals surface area contributed by atoms with E-state index in [1.54, 1.807) is 0 Å². The van der Waals surface area contributed by atoms with Crippen LogP contribution in [0.15, 0.2) is 73.1 Å². The number of carbonyl (C=O) groups excluding carboxylic acids is 2. The van der Waals surface area contributed by atoms with E-state index in [1.165, 1.54) is 21.9 Å². The summed E-state index contributed by atoms with van der Waals surface area (Å²) in [6, 6.07) is 16.4. The van der Waals surface area contributed by atoms with Crippen LogP contribution in [0.2, 0.25) is 0 Å². The minimum Gasteiger partial charge on any atom is -0.361 e. The lowest BCUT2D eigenvalue weighted by Crippen LogP contribution is -2.44. The van der Waals surface area contributed by atoms with Crippen LogP contribution in [0.5, 0.6) is 0 Å². The molecule has 0 saturated carbocycles. The van der Waals surface area contributed by atoms with Gasteiger partial charge in [-0.1, -0.05) is 48.6 Å². The fourth-order valence-electron chi connectivity index (χ4n) is 6.44. The van der Waals surface area contributed by atoms with Gasteiger partial charge in [-0.3, -0.25) is 9.59 Å². The Morgan fingerprint density at radius 2 is 1.67 bits per heavy atom. The number of para-hydroxylation sites is 2. The molecule has 2 bridgehead atoms. The summed E-state index contributed by atoms with van der Waals surface area (Å²) in [6.45, 7) is 1.63. The molecule has 0 radical (unpaired) electrons. The van der Waals surface area contributed by atoms with Crippen LogP contribution in [0.4, 0.5) is 0 Å². The Kier molecular flexibility index (Phi) is 4.82. The van der Waals surface area contributed by atoms with Crippen LogP contribution >= 0.6 is 0 Å². The number of carbonyl (C=O) groups is 2. The van der Waals surface area contributed by atoms with Gasteiger partial charge in [0.15, 0.2) is 0 Å². The zero-order valence-electron chi connectivity index (χ0n) is 19.9. The van der Waals surface area contributed by atoms with Crippen molar-refractivity contribution in [3.8, 4) is 0 Å². The number of nitrogens with one attached hydrogen (secondary N) is 3. The molecule has 36 heavy (non-hydrogen) atoms. The molecule has 7 rings (SSSR count). The van der Waals surface area contributed by atoms with E-state index in [2.05, 4.69) is 33.5 Å². The molecule has 3 N–H and O–H groups in total. The van der Waals surface area contributed by atoms with Gasteiger partial charge in [0, 0.05) is 47.3 Å². The molecule has 1 spiro atoms. The average Bonchev–Trinajstić information content (AvgIpc) is 3.70. The Balaban J connectivity index is 1.03. The van der Waals surface area contributed by atoms with Crippen molar-refractivity contribution in [3.63, 3.8) is 0 Å². The van der Waals surface area contributed by atoms with Crippen molar-refractivity contribution in [2.45, 2.75) is 24.5 Å². The molecule has 0 unspecified atom stereocenters. The largest absolute Gasteiger partial charge is 0.361 e. The van der Waals surface area contributed by atoms with E-state index in [9.17, 15) is 9.59 Å². The first kappa shape index (κ1) is 21.4. The van der Waals surface area contributed by atoms with Crippen LogP contribution in [0.3, 0.4) is 0 Å². The standard InChI is InChI=1S/C29H28N4O3/c34-27(30-13-10-18-15-31-22-7-3-1-5-20(18)22)25-24-9-12-29(36-24)17-33(28(35)26(25)29)14-11-19-16-32-23-8-4-2-6-21(19)23/h1-9,12,15-16,24-26,31-32H,10-11,13-14,17H2,(H,30,34)/t24-,25+,26+,29+/m1/s1. The maximum absolute atomic E-state index is 13.5. The van der Waals surface area contributed by atoms with Gasteiger partial charge >= 0.3 is 0 Å². The fourth-order valence-corrected chi connectivity index (χ4v) is 6.44. The van der Waals surface area contributed by atoms with Gasteiger partial charge in [0.2, 0.25) is 11.8 Å². The lowest BCUT2D eigenvalue weighted by molar-refractivity contribution is -0.137. The SMILES string of the molecule is O=C(NCCc1c[nH]c2ccccc12)[C@@H]1[C@H]2C(=O)N(CCc3c[nH]c4ccccc34)C[C@@]23C=C[C@H]1O3. The van der Waals surface area contributed by atoms with Crippen molar-refractivity contribution < 1.29 is 14.3 Å². The van der Waals surface area contributed by atoms with Gasteiger partial charge in [0.05, 0.1) is 24.5 Å². The summed E-state index contributed by atoms with van der Waals surface area (Å²) in [7, 11) is 0. The molecule has 2 saturated heterocycles. The molecule has 4 aromatic rings. The highest BCUT2D eigenvalue weighted by molar-refractivity contribution is 5.93. The van der Waals surface area contributed by atoms with E-state index in [0.29, 0.717) is 19.6 Å². The Labute approximate surface area is 208 Å². The van der Waals surface area contributed by atoms with E-state index >= 15 is 0 Å². The number of amides is 2. The number of rotatable bonds is 7. The molecule has 182 valence electrons. The number of nitrogens with zero attached hydrogens (tertiary/aromatic N) is 1. The summed E-state index contributed by atoms with van der Waals surface area (Å²) in [4.78, 5) is 35.3. The van der Waals surface area contributed by atoms with Gasteiger partial charge in [-0.15, -0.1) is 0 Å². The van der Waals surface area contributed by atoms with E-state index in [0.717, 1.165) is 23.9 Å². The van der Waals surface area contributed by atoms with Crippen LogP contribution in [0.25, 0.3) is 21.8 Å². The Morgan fingerprint density at radius 1 is 1.00 bits per heavy atom. The number of likely N-dealkylation sites (tertiary alicyclic amines) is 1. The summed E-state index contributed by atoms with van der Waals surface area (Å²) in [5.74, 6) is -1.01. The summed E-state index contributed by atoms with van der Waals surface area (Å²) in [6.07, 6.45) is 9.16. The number of fused-ring (bicyclic) bond motifs is 3. The molecule has 4 atom stereocenters. The van der Waals surface area contributed by atoms with Crippen LogP contribution in [-0.4, -0.2) is 58.0 Å². The van der Waals surface area contributed by atoms with Gasteiger partial charge in [0.1, 0.15) is 5.60 Å². The second-order valence-electron chi connectivity index (χ2n) is 10.2. The van der Waals surface area contributed by atoms with Crippen LogP contribution < -0.4 is 5.32 Å². The monoisotopic (exact) mass is 480 g/mol. The van der Waals surface area contributed by atoms with Crippen molar-refractivity contribution in [1.29, 1.82) is 0 Å². The smallest absolute Gasteiger partial charge is 0.230 e. The molecule has 7 heteroatoms. The average molecular weight is 481 g/mol. The van der Waals surface area contributed by atoms with Gasteiger partial charge in [-0.05, 0) is 36.1 Å². The molecule has 2 fully saturated rings. The molecule has 7 nitrogen and oxygen atoms in total. The molecule has 3 aliphatic rings. The molecule has 5 heterocycles. The Morgan fingerprint density at radius 3 is 2.39 bits per heavy atom. The zero-order valence-corrected chi connectivity index (χ0v) is 19.9. The number of aromatic nitrogens is 2. The fraction of sp³-hybridized carbons (Fsp3) is 0.310. The Bertz CT molecular complexity index is 1520. The third kappa shape index (κ3) is 3.23. The summed E-state index contributed by atoms with van der Waals surface area (Å²) in [5, 5.41) is 5.45. The molecule has 3 aliphatic heterocycles. The van der Waals surface area contributed by atoms with Crippen LogP contribution in [0.1, 0.15) is 11.1 Å². The maximum Gasteiger partial charge on any atom is 0.230 e. The van der Waals surface area contributed by atoms with E-state index in [-0.39, 0.29) is 17.9 Å². The van der Waals surface area contributed by atoms with Gasteiger partial charge in [-0.2, -0.15) is 0 Å². The number of aromatic amines is 2. The molecular weight excluding hydrogens is 452 g/mol. The first-order valence-electron chi connectivity index (χ1n) is 12.7. The van der Waals surface area contributed by atoms with Gasteiger partial charge < -0.3 is 24.9 Å². The van der Waals surface area contributed by atoms with Crippen molar-refractivity contribution in [2.75, 3.05) is 19.6 Å². The zero-order chi connectivity index (χ0) is 24.3. The highest BCUT2D eigenvalue weighted by atomic mass is 16.5. The lowest BCUT2D eigenvalue weighted by Gasteiger charge is -2.23. The highest BCUT2D eigenvalue weighted by Gasteiger charge is 2.66. The minimum absolute atomic E-state index is 0.0264. The molecule has 2 amide bonds. The predicted molar refractivity (Wildman–Crippen MR) is 137 cm³/mol. The quantitative estimate of drug-likeness (QED) is 0.355. The maximum atomic E-state index is 13.5. The second-order valence-corrected chi connectivity index (χ2v) is 10.2. The number of hydrogen-bond acceptors (Lipinski definition) is 3. The lowest BCUT2D eigenvalue weighted by atomic mass is 9.77. The number of ether oxygens (including phenoxy) is 1. The van der Waals surface area contributed by atoms with Crippen molar-refractivity contribution in [3.05, 3.63) is 84.2 Å². The summed E-state index contributed by atoms with van der Waals surface area (Å²) >= 11 is 0. The predicted octanol–water partition coefficient (Wildman–Crippen LogP) is 3.33. The molecular formula is C29H28N4O3. The van der Waals surface area contributed by atoms with Crippen LogP contribution in [-0.2, 0) is 27.2 Å². The second kappa shape index (κ2) is 8.10. The molecule has 2 aromatic heterocycles. The molecule has 2 aromatic carbocycles. The highest BCUT2D eigenvalue weighted by Crippen LogP contribution is 2.51. The summed E-state index contributed by atoms with van der Waals surface area (Å²) in [5.41, 5.74) is 3.88. The Hall–Kier alpha value is -3.84. The van der Waals surface area contributed by atoms with Crippen molar-refractivity contribution >= 4 is 33.6 Å². The normalized spacial score (nSPS) is 26.4. The topological polar surface area (TPSA) is 90.2 Å². The van der Waals surface area contributed by atoms with E-state index < -0.39 is 17.4 Å². The molecule has 0 aliphatic carbocycles. The van der Waals surface area contributed by atoms with Gasteiger partial charge in [-0.25, -0.2) is 0 Å². The first-order valence-corrected chi connectivity index (χ1v) is 12.7. The third-order valence-electron chi connectivity index (χ3n) is 8.18. The van der Waals surface area contributed by atoms with E-state index in [4.69, 9.17) is 4.74 Å². The van der Waals surface area contributed by atoms with Gasteiger partial charge in [0.25, 0.3) is 0 Å². The van der Waals surface area contributed by atoms with Crippen molar-refractivity contribution in [2.24, 2.45) is 11.8 Å². The number of H-pyrrole nitrogens is 2.